The van der Waals surface area contributed by atoms with Crippen LogP contribution in [0.25, 0.3) is 0 Å². The number of carbonyl (C=O) groups is 2. The number of cyclic esters (lactones) is 1. The summed E-state index contributed by atoms with van der Waals surface area (Å²) in [6, 6.07) is 0. The van der Waals surface area contributed by atoms with Gasteiger partial charge in [0.1, 0.15) is 5.60 Å². The maximum Gasteiger partial charge on any atom is 0.349 e. The smallest absolute Gasteiger partial charge is 0.349 e. The van der Waals surface area contributed by atoms with Crippen molar-refractivity contribution >= 4 is 11.9 Å². The highest BCUT2D eigenvalue weighted by molar-refractivity contribution is 5.92. The third-order valence-corrected chi connectivity index (χ3v) is 2.85. The van der Waals surface area contributed by atoms with Crippen molar-refractivity contribution in [2.24, 2.45) is 0 Å². The number of hydrogen-bond acceptors (Lipinski definition) is 4. The Kier molecular flexibility index (Phi) is 4.96. The first-order valence-electron chi connectivity index (χ1n) is 6.40. The summed E-state index contributed by atoms with van der Waals surface area (Å²) < 4.78 is 10.3. The lowest BCUT2D eigenvalue weighted by atomic mass is 9.90. The number of rotatable bonds is 6. The second-order valence-corrected chi connectivity index (χ2v) is 5.14. The van der Waals surface area contributed by atoms with E-state index in [1.807, 2.05) is 13.8 Å². The van der Waals surface area contributed by atoms with E-state index in [1.54, 1.807) is 0 Å². The van der Waals surface area contributed by atoms with E-state index in [1.165, 1.54) is 0 Å². The van der Waals surface area contributed by atoms with Crippen LogP contribution >= 0.6 is 0 Å². The minimum Gasteiger partial charge on any atom is -0.478 e. The molecule has 19 heavy (non-hydrogen) atoms. The van der Waals surface area contributed by atoms with Gasteiger partial charge in [0.2, 0.25) is 5.60 Å². The molecule has 0 spiro atoms. The van der Waals surface area contributed by atoms with Crippen LogP contribution in [0.1, 0.15) is 46.5 Å². The van der Waals surface area contributed by atoms with Gasteiger partial charge < -0.3 is 14.6 Å². The van der Waals surface area contributed by atoms with Crippen LogP contribution in [0.2, 0.25) is 0 Å². The van der Waals surface area contributed by atoms with Gasteiger partial charge in [0.15, 0.2) is 0 Å². The van der Waals surface area contributed by atoms with E-state index in [-0.39, 0.29) is 12.8 Å². The molecule has 0 aliphatic carbocycles. The second-order valence-electron chi connectivity index (χ2n) is 5.14. The molecule has 0 aromatic carbocycles. The van der Waals surface area contributed by atoms with Gasteiger partial charge >= 0.3 is 11.9 Å². The van der Waals surface area contributed by atoms with Gasteiger partial charge in [-0.2, -0.15) is 0 Å². The predicted molar refractivity (Wildman–Crippen MR) is 68.4 cm³/mol. The highest BCUT2D eigenvalue weighted by atomic mass is 16.6. The Bertz CT molecular complexity index is 405. The Morgan fingerprint density at radius 3 is 2.68 bits per heavy atom. The van der Waals surface area contributed by atoms with Gasteiger partial charge in [0.25, 0.3) is 0 Å². The van der Waals surface area contributed by atoms with E-state index in [0.29, 0.717) is 6.61 Å². The summed E-state index contributed by atoms with van der Waals surface area (Å²) in [6.45, 7) is 6.35. The van der Waals surface area contributed by atoms with Crippen LogP contribution in [0.3, 0.4) is 0 Å². The van der Waals surface area contributed by atoms with E-state index in [4.69, 9.17) is 14.6 Å². The van der Waals surface area contributed by atoms with Crippen LogP contribution in [-0.4, -0.2) is 34.9 Å². The first-order chi connectivity index (χ1) is 8.81. The first kappa shape index (κ1) is 15.5. The number of carboxylic acids is 1. The highest BCUT2D eigenvalue weighted by Gasteiger charge is 2.52. The van der Waals surface area contributed by atoms with Crippen LogP contribution in [0.4, 0.5) is 0 Å². The molecule has 1 heterocycles. The first-order valence-corrected chi connectivity index (χ1v) is 6.40. The summed E-state index contributed by atoms with van der Waals surface area (Å²) in [4.78, 5) is 21.8. The van der Waals surface area contributed by atoms with Crippen molar-refractivity contribution in [3.63, 3.8) is 0 Å². The van der Waals surface area contributed by atoms with E-state index in [9.17, 15) is 9.59 Å². The summed E-state index contributed by atoms with van der Waals surface area (Å²) >= 11 is 0. The number of ether oxygens (including phenoxy) is 2. The predicted octanol–water partition coefficient (Wildman–Crippen LogP) is 1.75. The van der Waals surface area contributed by atoms with Crippen LogP contribution in [0.15, 0.2) is 0 Å². The molecule has 5 heteroatoms. The molecule has 1 rings (SSSR count). The van der Waals surface area contributed by atoms with Gasteiger partial charge in [0, 0.05) is 6.61 Å². The Balaban J connectivity index is 2.53. The maximum atomic E-state index is 11.0. The number of unbranched alkanes of at least 4 members (excludes halogenated alkanes) is 1. The maximum absolute atomic E-state index is 11.0. The number of carboxylic acid groups (broad SMARTS) is 1. The monoisotopic (exact) mass is 268 g/mol. The molecule has 1 aliphatic rings. The minimum absolute atomic E-state index is 0.00532. The fourth-order valence-corrected chi connectivity index (χ4v) is 1.64. The molecule has 1 aliphatic heterocycles. The van der Waals surface area contributed by atoms with Crippen molar-refractivity contribution in [3.8, 4) is 11.8 Å². The average Bonchev–Trinajstić information content (AvgIpc) is 2.25. The van der Waals surface area contributed by atoms with Gasteiger partial charge in [-0.25, -0.2) is 4.79 Å². The molecule has 0 aromatic heterocycles. The molecule has 1 N–H and O–H groups in total. The third-order valence-electron chi connectivity index (χ3n) is 2.85. The van der Waals surface area contributed by atoms with E-state index in [0.717, 1.165) is 12.8 Å². The number of esters is 1. The lowest BCUT2D eigenvalue weighted by Crippen LogP contribution is -2.53. The highest BCUT2D eigenvalue weighted by Crippen LogP contribution is 2.31. The van der Waals surface area contributed by atoms with Crippen molar-refractivity contribution in [1.82, 2.24) is 0 Å². The Morgan fingerprint density at radius 2 is 2.21 bits per heavy atom. The van der Waals surface area contributed by atoms with E-state index >= 15 is 0 Å². The molecular weight excluding hydrogens is 248 g/mol. The van der Waals surface area contributed by atoms with Gasteiger partial charge in [-0.3, -0.25) is 4.79 Å². The summed E-state index contributed by atoms with van der Waals surface area (Å²) in [7, 11) is 0. The normalized spacial score (nSPS) is 21.9. The molecule has 0 aromatic rings. The van der Waals surface area contributed by atoms with Crippen LogP contribution in [-0.2, 0) is 19.1 Å². The molecule has 1 saturated heterocycles. The average molecular weight is 268 g/mol. The van der Waals surface area contributed by atoms with Crippen molar-refractivity contribution in [1.29, 1.82) is 0 Å². The van der Waals surface area contributed by atoms with Crippen LogP contribution in [0, 0.1) is 11.8 Å². The Labute approximate surface area is 113 Å². The largest absolute Gasteiger partial charge is 0.478 e. The number of hydrogen-bond donors (Lipinski definition) is 1. The van der Waals surface area contributed by atoms with Crippen molar-refractivity contribution < 1.29 is 24.2 Å². The zero-order valence-corrected chi connectivity index (χ0v) is 11.6. The molecular formula is C14H20O5. The summed E-state index contributed by atoms with van der Waals surface area (Å²) in [5.74, 6) is 4.00. The lowest BCUT2D eigenvalue weighted by Gasteiger charge is -2.34. The minimum atomic E-state index is -1.45. The molecule has 0 bridgehead atoms. The number of aliphatic carboxylic acids is 1. The topological polar surface area (TPSA) is 72.8 Å². The van der Waals surface area contributed by atoms with E-state index in [2.05, 4.69) is 18.8 Å². The summed E-state index contributed by atoms with van der Waals surface area (Å²) in [6.07, 6.45) is 1.88. The Morgan fingerprint density at radius 1 is 1.58 bits per heavy atom. The van der Waals surface area contributed by atoms with Crippen molar-refractivity contribution in [2.45, 2.75) is 57.7 Å². The molecule has 0 unspecified atom stereocenters. The SMILES string of the molecule is CCCCOC(C)(C)C#CC[C@]1(C(=O)O)CC(=O)O1. The molecule has 1 atom stereocenters. The zero-order valence-electron chi connectivity index (χ0n) is 11.6. The molecule has 0 saturated carbocycles. The van der Waals surface area contributed by atoms with Crippen molar-refractivity contribution in [3.05, 3.63) is 0 Å². The van der Waals surface area contributed by atoms with Gasteiger partial charge in [-0.15, -0.1) is 0 Å². The lowest BCUT2D eigenvalue weighted by molar-refractivity contribution is -0.203. The zero-order chi connectivity index (χ0) is 14.5. The molecule has 0 radical (unpaired) electrons. The third kappa shape index (κ3) is 4.25. The summed E-state index contributed by atoms with van der Waals surface area (Å²) in [5.41, 5.74) is -2.08. The second kappa shape index (κ2) is 6.07. The standard InChI is InChI=1S/C14H20O5/c1-4-5-9-18-13(2,3)7-6-8-14(12(16)17)10-11(15)19-14/h4-5,8-10H2,1-3H3,(H,16,17)/t14-/m1/s1. The Hall–Kier alpha value is -1.54. The quantitative estimate of drug-likeness (QED) is 0.451. The van der Waals surface area contributed by atoms with Crippen LogP contribution in [0.5, 0.6) is 0 Å². The molecule has 0 amide bonds. The van der Waals surface area contributed by atoms with Gasteiger partial charge in [0.05, 0.1) is 12.8 Å². The number of carbonyl (C=O) groups excluding carboxylic acids is 1. The molecule has 106 valence electrons. The van der Waals surface area contributed by atoms with Gasteiger partial charge in [-0.1, -0.05) is 25.2 Å². The fraction of sp³-hybridized carbons (Fsp3) is 0.714. The molecule has 5 nitrogen and oxygen atoms in total. The fourth-order valence-electron chi connectivity index (χ4n) is 1.64. The van der Waals surface area contributed by atoms with Crippen LogP contribution < -0.4 is 0 Å². The molecule has 1 fully saturated rings. The van der Waals surface area contributed by atoms with E-state index < -0.39 is 23.1 Å². The van der Waals surface area contributed by atoms with Crippen molar-refractivity contribution in [2.75, 3.05) is 6.61 Å². The van der Waals surface area contributed by atoms with Gasteiger partial charge in [-0.05, 0) is 20.3 Å². The summed E-state index contributed by atoms with van der Waals surface area (Å²) in [5, 5.41) is 9.03.